The number of hydrogen-bond donors (Lipinski definition) is 2. The van der Waals surface area contributed by atoms with Crippen molar-refractivity contribution >= 4 is 0 Å². The van der Waals surface area contributed by atoms with Crippen molar-refractivity contribution in [3.05, 3.63) is 0 Å². The van der Waals surface area contributed by atoms with Crippen LogP contribution in [0.3, 0.4) is 0 Å². The first-order chi connectivity index (χ1) is 7.26. The Morgan fingerprint density at radius 1 is 1.13 bits per heavy atom. The Labute approximate surface area is 95.0 Å². The monoisotopic (exact) mass is 212 g/mol. The van der Waals surface area contributed by atoms with Crippen LogP contribution in [0.15, 0.2) is 0 Å². The molecule has 2 nitrogen and oxygen atoms in total. The maximum Gasteiger partial charge on any atom is 0.0306 e. The van der Waals surface area contributed by atoms with Gasteiger partial charge in [-0.15, -0.1) is 0 Å². The summed E-state index contributed by atoms with van der Waals surface area (Å²) in [6.07, 6.45) is 10.4. The van der Waals surface area contributed by atoms with Gasteiger partial charge in [0.15, 0.2) is 0 Å². The summed E-state index contributed by atoms with van der Waals surface area (Å²) >= 11 is 0. The molecule has 0 amide bonds. The second kappa shape index (κ2) is 6.49. The Kier molecular flexibility index (Phi) is 5.62. The average Bonchev–Trinajstić information content (AvgIpc) is 2.71. The van der Waals surface area contributed by atoms with Crippen LogP contribution in [0.25, 0.3) is 0 Å². The molecule has 0 aliphatic heterocycles. The maximum absolute atomic E-state index is 6.00. The van der Waals surface area contributed by atoms with Crippen LogP contribution in [0.5, 0.6) is 0 Å². The van der Waals surface area contributed by atoms with Crippen molar-refractivity contribution in [2.45, 2.75) is 76.8 Å². The third kappa shape index (κ3) is 3.76. The summed E-state index contributed by atoms with van der Waals surface area (Å²) in [4.78, 5) is 0. The van der Waals surface area contributed by atoms with Gasteiger partial charge in [0.2, 0.25) is 0 Å². The third-order valence-electron chi connectivity index (χ3n) is 3.71. The molecule has 1 rings (SSSR count). The van der Waals surface area contributed by atoms with E-state index in [1.54, 1.807) is 0 Å². The van der Waals surface area contributed by atoms with Gasteiger partial charge in [0, 0.05) is 18.1 Å². The molecular formula is C13H28N2. The van der Waals surface area contributed by atoms with Gasteiger partial charge in [0.05, 0.1) is 0 Å². The Balaban J connectivity index is 2.51. The van der Waals surface area contributed by atoms with E-state index in [9.17, 15) is 0 Å². The quantitative estimate of drug-likeness (QED) is 0.681. The van der Waals surface area contributed by atoms with Gasteiger partial charge in [0.1, 0.15) is 0 Å². The van der Waals surface area contributed by atoms with Crippen molar-refractivity contribution in [1.29, 1.82) is 0 Å². The first-order valence-electron chi connectivity index (χ1n) is 6.74. The first kappa shape index (κ1) is 13.0. The van der Waals surface area contributed by atoms with Gasteiger partial charge in [-0.25, -0.2) is 0 Å². The third-order valence-corrected chi connectivity index (χ3v) is 3.71. The normalized spacial score (nSPS) is 18.6. The molecule has 90 valence electrons. The smallest absolute Gasteiger partial charge is 0.0306 e. The molecule has 0 atom stereocenters. The van der Waals surface area contributed by atoms with Crippen molar-refractivity contribution < 1.29 is 0 Å². The Bertz CT molecular complexity index is 156. The number of rotatable bonds is 7. The van der Waals surface area contributed by atoms with Crippen LogP contribution >= 0.6 is 0 Å². The second-order valence-corrected chi connectivity index (χ2v) is 5.11. The lowest BCUT2D eigenvalue weighted by atomic mass is 9.87. The number of nitrogens with two attached hydrogens (primary N) is 1. The molecule has 2 heteroatoms. The van der Waals surface area contributed by atoms with E-state index in [-0.39, 0.29) is 5.54 Å². The zero-order valence-electron chi connectivity index (χ0n) is 10.5. The molecule has 0 heterocycles. The van der Waals surface area contributed by atoms with E-state index in [1.807, 2.05) is 0 Å². The average molecular weight is 212 g/mol. The molecule has 0 radical (unpaired) electrons. The van der Waals surface area contributed by atoms with Crippen molar-refractivity contribution in [1.82, 2.24) is 5.32 Å². The molecule has 0 bridgehead atoms. The topological polar surface area (TPSA) is 38.0 Å². The summed E-state index contributed by atoms with van der Waals surface area (Å²) in [5.74, 6) is 0. The Morgan fingerprint density at radius 2 is 1.67 bits per heavy atom. The van der Waals surface area contributed by atoms with E-state index in [2.05, 4.69) is 19.2 Å². The molecule has 1 aliphatic carbocycles. The first-order valence-corrected chi connectivity index (χ1v) is 6.74. The van der Waals surface area contributed by atoms with Crippen molar-refractivity contribution in [3.63, 3.8) is 0 Å². The highest BCUT2D eigenvalue weighted by Crippen LogP contribution is 2.25. The van der Waals surface area contributed by atoms with Gasteiger partial charge in [-0.05, 0) is 25.7 Å². The fourth-order valence-corrected chi connectivity index (χ4v) is 2.99. The van der Waals surface area contributed by atoms with Crippen LogP contribution in [0.2, 0.25) is 0 Å². The molecule has 0 saturated heterocycles. The van der Waals surface area contributed by atoms with Crippen LogP contribution in [0, 0.1) is 0 Å². The van der Waals surface area contributed by atoms with Gasteiger partial charge < -0.3 is 11.1 Å². The van der Waals surface area contributed by atoms with E-state index in [0.29, 0.717) is 0 Å². The summed E-state index contributed by atoms with van der Waals surface area (Å²) in [6, 6.07) is 0.742. The summed E-state index contributed by atoms with van der Waals surface area (Å²) in [5.41, 5.74) is 6.23. The lowest BCUT2D eigenvalue weighted by Crippen LogP contribution is -2.54. The highest BCUT2D eigenvalue weighted by molar-refractivity contribution is 4.92. The number of hydrogen-bond acceptors (Lipinski definition) is 2. The van der Waals surface area contributed by atoms with Crippen LogP contribution < -0.4 is 11.1 Å². The molecule has 0 spiro atoms. The summed E-state index contributed by atoms with van der Waals surface area (Å²) < 4.78 is 0. The molecule has 1 fully saturated rings. The SMILES string of the molecule is CCCC(CN)(CCC)NC1CCCC1. The van der Waals surface area contributed by atoms with Gasteiger partial charge in [0.25, 0.3) is 0 Å². The van der Waals surface area contributed by atoms with Gasteiger partial charge in [-0.3, -0.25) is 0 Å². The van der Waals surface area contributed by atoms with Gasteiger partial charge >= 0.3 is 0 Å². The molecule has 3 N–H and O–H groups in total. The largest absolute Gasteiger partial charge is 0.329 e. The zero-order chi connectivity index (χ0) is 11.1. The molecule has 0 aromatic rings. The van der Waals surface area contributed by atoms with Gasteiger partial charge in [-0.2, -0.15) is 0 Å². The van der Waals surface area contributed by atoms with Gasteiger partial charge in [-0.1, -0.05) is 39.5 Å². The van der Waals surface area contributed by atoms with Crippen molar-refractivity contribution in [2.75, 3.05) is 6.54 Å². The fraction of sp³-hybridized carbons (Fsp3) is 1.00. The maximum atomic E-state index is 6.00. The molecule has 1 aliphatic rings. The predicted octanol–water partition coefficient (Wildman–Crippen LogP) is 2.82. The van der Waals surface area contributed by atoms with E-state index in [1.165, 1.54) is 51.4 Å². The van der Waals surface area contributed by atoms with E-state index >= 15 is 0 Å². The molecule has 1 saturated carbocycles. The molecular weight excluding hydrogens is 184 g/mol. The predicted molar refractivity (Wildman–Crippen MR) is 67.0 cm³/mol. The van der Waals surface area contributed by atoms with Crippen molar-refractivity contribution in [3.8, 4) is 0 Å². The standard InChI is InChI=1S/C13H28N2/c1-3-9-13(11-14,10-4-2)15-12-7-5-6-8-12/h12,15H,3-11,14H2,1-2H3. The minimum atomic E-state index is 0.235. The number of nitrogens with one attached hydrogen (secondary N) is 1. The highest BCUT2D eigenvalue weighted by atomic mass is 15.0. The van der Waals surface area contributed by atoms with Crippen LogP contribution in [-0.2, 0) is 0 Å². The lowest BCUT2D eigenvalue weighted by molar-refractivity contribution is 0.250. The minimum Gasteiger partial charge on any atom is -0.329 e. The van der Waals surface area contributed by atoms with E-state index in [4.69, 9.17) is 5.73 Å². The summed E-state index contributed by atoms with van der Waals surface area (Å²) in [7, 11) is 0. The van der Waals surface area contributed by atoms with Crippen LogP contribution in [-0.4, -0.2) is 18.1 Å². The molecule has 0 aromatic heterocycles. The lowest BCUT2D eigenvalue weighted by Gasteiger charge is -2.36. The van der Waals surface area contributed by atoms with E-state index in [0.717, 1.165) is 12.6 Å². The Hall–Kier alpha value is -0.0800. The summed E-state index contributed by atoms with van der Waals surface area (Å²) in [5, 5.41) is 3.86. The minimum absolute atomic E-state index is 0.235. The van der Waals surface area contributed by atoms with E-state index < -0.39 is 0 Å². The molecule has 0 aromatic carbocycles. The second-order valence-electron chi connectivity index (χ2n) is 5.11. The van der Waals surface area contributed by atoms with Crippen molar-refractivity contribution in [2.24, 2.45) is 5.73 Å². The van der Waals surface area contributed by atoms with Crippen LogP contribution in [0.4, 0.5) is 0 Å². The molecule has 15 heavy (non-hydrogen) atoms. The zero-order valence-corrected chi connectivity index (χ0v) is 10.5. The highest BCUT2D eigenvalue weighted by Gasteiger charge is 2.30. The summed E-state index contributed by atoms with van der Waals surface area (Å²) in [6.45, 7) is 5.32. The Morgan fingerprint density at radius 3 is 2.07 bits per heavy atom. The fourth-order valence-electron chi connectivity index (χ4n) is 2.99. The van der Waals surface area contributed by atoms with Crippen LogP contribution in [0.1, 0.15) is 65.2 Å². The molecule has 0 unspecified atom stereocenters.